The number of hydrogen-bond donors (Lipinski definition) is 2. The van der Waals surface area contributed by atoms with Crippen LogP contribution in [0.2, 0.25) is 5.04 Å². The highest BCUT2D eigenvalue weighted by atomic mass is 28.4. The Morgan fingerprint density at radius 1 is 1.11 bits per heavy atom. The Morgan fingerprint density at radius 2 is 1.59 bits per heavy atom. The van der Waals surface area contributed by atoms with Crippen molar-refractivity contribution < 1.29 is 14.3 Å². The molecule has 0 bridgehead atoms. The van der Waals surface area contributed by atoms with E-state index >= 15 is 0 Å². The zero-order valence-corrected chi connectivity index (χ0v) is 17.1. The van der Waals surface area contributed by atoms with E-state index in [4.69, 9.17) is 16.0 Å². The van der Waals surface area contributed by atoms with Crippen LogP contribution in [0.25, 0.3) is 0 Å². The maximum atomic E-state index is 10.9. The maximum Gasteiger partial charge on any atom is 0.405 e. The second-order valence-electron chi connectivity index (χ2n) is 7.47. The summed E-state index contributed by atoms with van der Waals surface area (Å²) < 4.78 is 6.69. The SMILES string of the molecule is C#CC(CCO[Si](c1ccccc1)(c1ccccc1)C(C)(C)C)NC(=O)O. The molecule has 0 saturated carbocycles. The third-order valence-electron chi connectivity index (χ3n) is 4.64. The molecule has 27 heavy (non-hydrogen) atoms. The van der Waals surface area contributed by atoms with E-state index in [0.717, 1.165) is 0 Å². The van der Waals surface area contributed by atoms with Crippen LogP contribution in [-0.2, 0) is 4.43 Å². The van der Waals surface area contributed by atoms with E-state index in [9.17, 15) is 4.79 Å². The summed E-state index contributed by atoms with van der Waals surface area (Å²) in [5.41, 5.74) is 0. The molecule has 2 rings (SSSR count). The number of amides is 1. The Hall–Kier alpha value is -2.55. The highest BCUT2D eigenvalue weighted by molar-refractivity contribution is 6.99. The second-order valence-corrected chi connectivity index (χ2v) is 11.8. The molecule has 5 heteroatoms. The van der Waals surface area contributed by atoms with E-state index in [1.807, 2.05) is 36.4 Å². The predicted molar refractivity (Wildman–Crippen MR) is 112 cm³/mol. The third kappa shape index (κ3) is 4.79. The van der Waals surface area contributed by atoms with Gasteiger partial charge in [-0.1, -0.05) is 87.4 Å². The summed E-state index contributed by atoms with van der Waals surface area (Å²) in [5, 5.41) is 13.5. The largest absolute Gasteiger partial charge is 0.465 e. The van der Waals surface area contributed by atoms with E-state index in [0.29, 0.717) is 13.0 Å². The summed E-state index contributed by atoms with van der Waals surface area (Å²) in [6.45, 7) is 6.98. The molecule has 142 valence electrons. The molecule has 4 nitrogen and oxygen atoms in total. The van der Waals surface area contributed by atoms with Crippen LogP contribution in [0, 0.1) is 12.3 Å². The molecule has 1 amide bonds. The van der Waals surface area contributed by atoms with Crippen molar-refractivity contribution >= 4 is 24.8 Å². The Morgan fingerprint density at radius 3 is 1.96 bits per heavy atom. The average molecular weight is 382 g/mol. The fraction of sp³-hybridized carbons (Fsp3) is 0.318. The van der Waals surface area contributed by atoms with Gasteiger partial charge in [0.15, 0.2) is 0 Å². The summed E-state index contributed by atoms with van der Waals surface area (Å²) in [7, 11) is -2.61. The summed E-state index contributed by atoms with van der Waals surface area (Å²) in [6, 6.07) is 20.1. The van der Waals surface area contributed by atoms with Crippen LogP contribution in [0.1, 0.15) is 27.2 Å². The Kier molecular flexibility index (Phi) is 6.84. The standard InChI is InChI=1S/C22H27NO3Si/c1-5-18(23-21(24)25)16-17-26-27(22(2,3)4,19-12-8-6-9-13-19)20-14-10-7-11-15-20/h1,6-15,18,23H,16-17H2,2-4H3,(H,24,25). The molecule has 1 atom stereocenters. The molecule has 0 fully saturated rings. The van der Waals surface area contributed by atoms with Crippen LogP contribution in [0.4, 0.5) is 4.79 Å². The van der Waals surface area contributed by atoms with E-state index < -0.39 is 20.5 Å². The third-order valence-corrected chi connectivity index (χ3v) is 9.68. The molecule has 2 aromatic carbocycles. The molecule has 0 spiro atoms. The molecular weight excluding hydrogens is 354 g/mol. The van der Waals surface area contributed by atoms with E-state index in [1.165, 1.54) is 10.4 Å². The second kappa shape index (κ2) is 8.89. The number of carboxylic acid groups (broad SMARTS) is 1. The summed E-state index contributed by atoms with van der Waals surface area (Å²) in [6.07, 6.45) is 4.76. The smallest absolute Gasteiger partial charge is 0.405 e. The van der Waals surface area contributed by atoms with Crippen molar-refractivity contribution in [3.05, 3.63) is 60.7 Å². The number of nitrogens with one attached hydrogen (secondary N) is 1. The van der Waals surface area contributed by atoms with E-state index in [2.05, 4.69) is 56.3 Å². The number of benzene rings is 2. The van der Waals surface area contributed by atoms with Gasteiger partial charge in [0.2, 0.25) is 0 Å². The Balaban J connectivity index is 2.41. The minimum Gasteiger partial charge on any atom is -0.465 e. The van der Waals surface area contributed by atoms with Crippen molar-refractivity contribution in [2.75, 3.05) is 6.61 Å². The summed E-state index contributed by atoms with van der Waals surface area (Å²) in [5.74, 6) is 2.48. The zero-order chi connectivity index (χ0) is 19.9. The number of terminal acetylenes is 1. The normalized spacial score (nSPS) is 12.8. The van der Waals surface area contributed by atoms with Crippen molar-refractivity contribution in [1.82, 2.24) is 5.32 Å². The van der Waals surface area contributed by atoms with Crippen molar-refractivity contribution in [2.24, 2.45) is 0 Å². The molecule has 2 aromatic rings. The highest BCUT2D eigenvalue weighted by Gasteiger charge is 2.50. The predicted octanol–water partition coefficient (Wildman–Crippen LogP) is 3.22. The first-order valence-electron chi connectivity index (χ1n) is 9.02. The van der Waals surface area contributed by atoms with Gasteiger partial charge in [-0.2, -0.15) is 0 Å². The fourth-order valence-corrected chi connectivity index (χ4v) is 8.02. The van der Waals surface area contributed by atoms with Crippen molar-refractivity contribution in [2.45, 2.75) is 38.3 Å². The monoisotopic (exact) mass is 381 g/mol. The lowest BCUT2D eigenvalue weighted by molar-refractivity contribution is 0.190. The van der Waals surface area contributed by atoms with Crippen LogP contribution in [-0.4, -0.2) is 32.2 Å². The fourth-order valence-electron chi connectivity index (χ4n) is 3.44. The molecule has 1 unspecified atom stereocenters. The van der Waals surface area contributed by atoms with Crippen LogP contribution in [0.5, 0.6) is 0 Å². The first kappa shape index (κ1) is 20.8. The van der Waals surface area contributed by atoms with Crippen molar-refractivity contribution in [1.29, 1.82) is 0 Å². The van der Waals surface area contributed by atoms with Crippen molar-refractivity contribution in [3.8, 4) is 12.3 Å². The molecule has 0 heterocycles. The van der Waals surface area contributed by atoms with E-state index in [-0.39, 0.29) is 5.04 Å². The van der Waals surface area contributed by atoms with Gasteiger partial charge in [-0.05, 0) is 15.4 Å². The number of carbonyl (C=O) groups is 1. The molecule has 2 N–H and O–H groups in total. The quantitative estimate of drug-likeness (QED) is 0.572. The van der Waals surface area contributed by atoms with Crippen LogP contribution >= 0.6 is 0 Å². The van der Waals surface area contributed by atoms with E-state index in [1.54, 1.807) is 0 Å². The lowest BCUT2D eigenvalue weighted by atomic mass is 10.2. The molecular formula is C22H27NO3Si. The van der Waals surface area contributed by atoms with Crippen LogP contribution in [0.15, 0.2) is 60.7 Å². The minimum atomic E-state index is -2.61. The summed E-state index contributed by atoms with van der Waals surface area (Å²) in [4.78, 5) is 10.9. The van der Waals surface area contributed by atoms with Gasteiger partial charge in [-0.25, -0.2) is 4.79 Å². The van der Waals surface area contributed by atoms with Crippen LogP contribution in [0.3, 0.4) is 0 Å². The zero-order valence-electron chi connectivity index (χ0n) is 16.1. The van der Waals surface area contributed by atoms with Crippen LogP contribution < -0.4 is 15.7 Å². The first-order chi connectivity index (χ1) is 12.8. The van der Waals surface area contributed by atoms with Crippen molar-refractivity contribution in [3.63, 3.8) is 0 Å². The maximum absolute atomic E-state index is 10.9. The molecule has 0 aliphatic carbocycles. The first-order valence-corrected chi connectivity index (χ1v) is 10.9. The lowest BCUT2D eigenvalue weighted by Crippen LogP contribution is -2.66. The van der Waals surface area contributed by atoms with Gasteiger partial charge in [0.1, 0.15) is 0 Å². The number of rotatable bonds is 7. The average Bonchev–Trinajstić information content (AvgIpc) is 2.64. The molecule has 0 saturated heterocycles. The molecule has 0 radical (unpaired) electrons. The van der Waals surface area contributed by atoms with Gasteiger partial charge in [0.05, 0.1) is 6.04 Å². The highest BCUT2D eigenvalue weighted by Crippen LogP contribution is 2.36. The molecule has 0 aliphatic heterocycles. The van der Waals surface area contributed by atoms with Gasteiger partial charge in [0.25, 0.3) is 8.32 Å². The van der Waals surface area contributed by atoms with Gasteiger partial charge < -0.3 is 14.8 Å². The lowest BCUT2D eigenvalue weighted by Gasteiger charge is -2.43. The molecule has 0 aromatic heterocycles. The van der Waals surface area contributed by atoms with Gasteiger partial charge in [-0.3, -0.25) is 0 Å². The van der Waals surface area contributed by atoms with Gasteiger partial charge >= 0.3 is 6.09 Å². The Bertz CT molecular complexity index is 739. The van der Waals surface area contributed by atoms with Gasteiger partial charge in [0, 0.05) is 13.0 Å². The summed E-state index contributed by atoms with van der Waals surface area (Å²) >= 11 is 0. The van der Waals surface area contributed by atoms with Gasteiger partial charge in [-0.15, -0.1) is 6.42 Å². The topological polar surface area (TPSA) is 58.6 Å². The molecule has 0 aliphatic rings. The number of hydrogen-bond acceptors (Lipinski definition) is 2. The minimum absolute atomic E-state index is 0.123. The Labute approximate surface area is 162 Å².